The van der Waals surface area contributed by atoms with E-state index in [4.69, 9.17) is 14.2 Å². The number of nitrogens with one attached hydrogen (secondary N) is 1. The first-order valence-corrected chi connectivity index (χ1v) is 12.6. The number of carboxylic acids is 1. The van der Waals surface area contributed by atoms with Crippen molar-refractivity contribution in [3.63, 3.8) is 0 Å². The molecular weight excluding hydrogens is 430 g/mol. The van der Waals surface area contributed by atoms with Crippen molar-refractivity contribution in [3.8, 4) is 16.9 Å². The largest absolute Gasteiger partial charge is 0.493 e. The summed E-state index contributed by atoms with van der Waals surface area (Å²) in [6, 6.07) is 8.47. The topological polar surface area (TPSA) is 77.0 Å². The Morgan fingerprint density at radius 1 is 1.12 bits per heavy atom. The highest BCUT2D eigenvalue weighted by Gasteiger charge is 2.40. The van der Waals surface area contributed by atoms with Gasteiger partial charge in [-0.2, -0.15) is 0 Å². The fraction of sp³-hybridized carbons (Fsp3) is 0.536. The molecule has 2 N–H and O–H groups in total. The summed E-state index contributed by atoms with van der Waals surface area (Å²) in [5, 5.41) is 13.4. The maximum atomic E-state index is 12.2. The van der Waals surface area contributed by atoms with Crippen molar-refractivity contribution in [1.82, 2.24) is 0 Å². The lowest BCUT2D eigenvalue weighted by molar-refractivity contribution is -0.145. The highest BCUT2D eigenvalue weighted by Crippen LogP contribution is 2.41. The van der Waals surface area contributed by atoms with Crippen LogP contribution in [0, 0.1) is 13.8 Å². The minimum absolute atomic E-state index is 0.305. The third kappa shape index (κ3) is 4.41. The Morgan fingerprint density at radius 3 is 2.62 bits per heavy atom. The van der Waals surface area contributed by atoms with Crippen LogP contribution in [-0.2, 0) is 27.3 Å². The van der Waals surface area contributed by atoms with Crippen LogP contribution in [0.15, 0.2) is 24.3 Å². The Kier molecular flexibility index (Phi) is 6.54. The lowest BCUT2D eigenvalue weighted by Crippen LogP contribution is -2.50. The van der Waals surface area contributed by atoms with Crippen molar-refractivity contribution in [1.29, 1.82) is 0 Å². The first-order valence-electron chi connectivity index (χ1n) is 12.6. The van der Waals surface area contributed by atoms with E-state index in [9.17, 15) is 9.90 Å². The van der Waals surface area contributed by atoms with Gasteiger partial charge in [0.15, 0.2) is 0 Å². The molecule has 0 bridgehead atoms. The zero-order chi connectivity index (χ0) is 23.7. The second-order valence-electron chi connectivity index (χ2n) is 9.99. The Morgan fingerprint density at radius 2 is 1.88 bits per heavy atom. The third-order valence-corrected chi connectivity index (χ3v) is 7.80. The Hall–Kier alpha value is -2.57. The van der Waals surface area contributed by atoms with E-state index in [1.54, 1.807) is 0 Å². The monoisotopic (exact) mass is 465 g/mol. The third-order valence-electron chi connectivity index (χ3n) is 7.80. The number of rotatable bonds is 7. The molecule has 3 aliphatic rings. The quantitative estimate of drug-likeness (QED) is 0.569. The SMILES string of the molecule is Cc1cc(-c2ccc(NC3(C(=O)O)CCOCC3)cc2COC2CCCC2)c2c(c1C)OCC2. The molecule has 1 aliphatic carbocycles. The summed E-state index contributed by atoms with van der Waals surface area (Å²) in [6.45, 7) is 6.38. The summed E-state index contributed by atoms with van der Waals surface area (Å²) in [6.07, 6.45) is 6.77. The molecule has 6 nitrogen and oxygen atoms in total. The molecule has 0 atom stereocenters. The zero-order valence-electron chi connectivity index (χ0n) is 20.2. The molecule has 1 saturated carbocycles. The molecule has 6 heteroatoms. The average molecular weight is 466 g/mol. The second kappa shape index (κ2) is 9.59. The molecule has 2 aromatic carbocycles. The van der Waals surface area contributed by atoms with Gasteiger partial charge in [-0.1, -0.05) is 25.0 Å². The predicted octanol–water partition coefficient (Wildman–Crippen LogP) is 5.41. The summed E-state index contributed by atoms with van der Waals surface area (Å²) in [4.78, 5) is 12.2. The molecule has 182 valence electrons. The average Bonchev–Trinajstić information content (AvgIpc) is 3.53. The number of aliphatic carboxylic acids is 1. The number of carbonyl (C=O) groups is 1. The smallest absolute Gasteiger partial charge is 0.329 e. The van der Waals surface area contributed by atoms with Crippen molar-refractivity contribution < 1.29 is 24.1 Å². The zero-order valence-corrected chi connectivity index (χ0v) is 20.2. The molecule has 0 aromatic heterocycles. The van der Waals surface area contributed by atoms with E-state index in [2.05, 4.69) is 37.4 Å². The summed E-state index contributed by atoms with van der Waals surface area (Å²) in [7, 11) is 0. The molecule has 2 aliphatic heterocycles. The number of hydrogen-bond donors (Lipinski definition) is 2. The van der Waals surface area contributed by atoms with Gasteiger partial charge in [-0.25, -0.2) is 4.79 Å². The van der Waals surface area contributed by atoms with Crippen LogP contribution in [-0.4, -0.2) is 42.5 Å². The van der Waals surface area contributed by atoms with Crippen molar-refractivity contribution in [2.24, 2.45) is 0 Å². The molecule has 0 unspecified atom stereocenters. The van der Waals surface area contributed by atoms with Crippen LogP contribution in [0.4, 0.5) is 5.69 Å². The van der Waals surface area contributed by atoms with E-state index in [0.29, 0.717) is 45.4 Å². The molecule has 2 fully saturated rings. The van der Waals surface area contributed by atoms with Crippen LogP contribution in [0.5, 0.6) is 5.75 Å². The summed E-state index contributed by atoms with van der Waals surface area (Å²) in [5.74, 6) is 0.194. The van der Waals surface area contributed by atoms with E-state index in [0.717, 1.165) is 41.8 Å². The van der Waals surface area contributed by atoms with Gasteiger partial charge in [0.1, 0.15) is 11.3 Å². The van der Waals surface area contributed by atoms with Crippen LogP contribution >= 0.6 is 0 Å². The van der Waals surface area contributed by atoms with Gasteiger partial charge in [0.2, 0.25) is 0 Å². The lowest BCUT2D eigenvalue weighted by Gasteiger charge is -2.35. The molecule has 0 radical (unpaired) electrons. The molecule has 0 spiro atoms. The molecule has 1 saturated heterocycles. The summed E-state index contributed by atoms with van der Waals surface area (Å²) < 4.78 is 17.8. The molecule has 0 amide bonds. The van der Waals surface area contributed by atoms with E-state index >= 15 is 0 Å². The number of ether oxygens (including phenoxy) is 3. The number of carboxylic acid groups (broad SMARTS) is 1. The van der Waals surface area contributed by atoms with Crippen LogP contribution < -0.4 is 10.1 Å². The molecule has 2 aromatic rings. The maximum Gasteiger partial charge on any atom is 0.329 e. The number of aryl methyl sites for hydroxylation is 1. The molecule has 34 heavy (non-hydrogen) atoms. The van der Waals surface area contributed by atoms with Gasteiger partial charge >= 0.3 is 5.97 Å². The first-order chi connectivity index (χ1) is 16.5. The van der Waals surface area contributed by atoms with Gasteiger partial charge in [-0.3, -0.25) is 0 Å². The Bertz CT molecular complexity index is 1070. The summed E-state index contributed by atoms with van der Waals surface area (Å²) >= 11 is 0. The summed E-state index contributed by atoms with van der Waals surface area (Å²) in [5.41, 5.74) is 6.93. The normalized spacial score (nSPS) is 19.6. The number of benzene rings is 2. The first kappa shape index (κ1) is 23.2. The van der Waals surface area contributed by atoms with E-state index in [1.807, 2.05) is 6.07 Å². The lowest BCUT2D eigenvalue weighted by atomic mass is 9.88. The standard InChI is InChI=1S/C28H35NO5/c1-18-15-25(24-9-12-33-26(24)19(18)2)23-8-7-21(16-20(23)17-34-22-5-3-4-6-22)29-28(27(30)31)10-13-32-14-11-28/h7-8,15-16,22,29H,3-6,9-14,17H2,1-2H3,(H,30,31). The van der Waals surface area contributed by atoms with Gasteiger partial charge in [0.05, 0.1) is 19.3 Å². The van der Waals surface area contributed by atoms with Crippen LogP contribution in [0.3, 0.4) is 0 Å². The fourth-order valence-corrected chi connectivity index (χ4v) is 5.58. The van der Waals surface area contributed by atoms with Crippen molar-refractivity contribution in [3.05, 3.63) is 46.5 Å². The van der Waals surface area contributed by atoms with Gasteiger partial charge in [-0.15, -0.1) is 0 Å². The number of hydrogen-bond acceptors (Lipinski definition) is 5. The maximum absolute atomic E-state index is 12.2. The van der Waals surface area contributed by atoms with Crippen LogP contribution in [0.1, 0.15) is 60.8 Å². The molecule has 5 rings (SSSR count). The van der Waals surface area contributed by atoms with Gasteiger partial charge in [0, 0.05) is 43.7 Å². The molecular formula is C28H35NO5. The van der Waals surface area contributed by atoms with E-state index in [-0.39, 0.29) is 0 Å². The second-order valence-corrected chi connectivity index (χ2v) is 9.99. The van der Waals surface area contributed by atoms with Crippen molar-refractivity contribution >= 4 is 11.7 Å². The van der Waals surface area contributed by atoms with Gasteiger partial charge < -0.3 is 24.6 Å². The fourth-order valence-electron chi connectivity index (χ4n) is 5.58. The highest BCUT2D eigenvalue weighted by atomic mass is 16.5. The van der Waals surface area contributed by atoms with Crippen molar-refractivity contribution in [2.45, 2.75) is 77.0 Å². The van der Waals surface area contributed by atoms with E-state index in [1.165, 1.54) is 35.1 Å². The van der Waals surface area contributed by atoms with Crippen LogP contribution in [0.25, 0.3) is 11.1 Å². The number of anilines is 1. The van der Waals surface area contributed by atoms with Crippen molar-refractivity contribution in [2.75, 3.05) is 25.1 Å². The van der Waals surface area contributed by atoms with Gasteiger partial charge in [-0.05, 0) is 66.6 Å². The molecule has 2 heterocycles. The number of fused-ring (bicyclic) bond motifs is 1. The Labute approximate surface area is 201 Å². The minimum atomic E-state index is -1.00. The predicted molar refractivity (Wildman–Crippen MR) is 132 cm³/mol. The van der Waals surface area contributed by atoms with Crippen LogP contribution in [0.2, 0.25) is 0 Å². The Balaban J connectivity index is 1.52. The minimum Gasteiger partial charge on any atom is -0.493 e. The van der Waals surface area contributed by atoms with Gasteiger partial charge in [0.25, 0.3) is 0 Å². The van der Waals surface area contributed by atoms with E-state index < -0.39 is 11.5 Å². The highest BCUT2D eigenvalue weighted by molar-refractivity contribution is 5.84.